The van der Waals surface area contributed by atoms with E-state index in [4.69, 9.17) is 14.2 Å². The molecule has 0 radical (unpaired) electrons. The van der Waals surface area contributed by atoms with Gasteiger partial charge in [-0.1, -0.05) is 13.8 Å². The average molecular weight is 356 g/mol. The van der Waals surface area contributed by atoms with Crippen LogP contribution >= 0.6 is 12.4 Å². The minimum Gasteiger partial charge on any atom is -0.493 e. The van der Waals surface area contributed by atoms with Gasteiger partial charge in [-0.15, -0.1) is 12.4 Å². The Hall–Kier alpha value is -1.13. The number of halogens is 1. The van der Waals surface area contributed by atoms with Gasteiger partial charge in [0.15, 0.2) is 11.5 Å². The van der Waals surface area contributed by atoms with Gasteiger partial charge in [-0.25, -0.2) is 0 Å². The molecule has 3 rings (SSSR count). The third-order valence-electron chi connectivity index (χ3n) is 4.87. The lowest BCUT2D eigenvalue weighted by molar-refractivity contribution is 0.157. The molecule has 1 saturated heterocycles. The van der Waals surface area contributed by atoms with Crippen LogP contribution in [0.1, 0.15) is 39.5 Å². The van der Waals surface area contributed by atoms with E-state index in [1.54, 1.807) is 0 Å². The van der Waals surface area contributed by atoms with Crippen molar-refractivity contribution in [1.29, 1.82) is 0 Å². The summed E-state index contributed by atoms with van der Waals surface area (Å²) < 4.78 is 16.6. The maximum Gasteiger partial charge on any atom is 0.231 e. The van der Waals surface area contributed by atoms with Crippen molar-refractivity contribution in [3.05, 3.63) is 18.2 Å². The molecule has 2 aliphatic heterocycles. The van der Waals surface area contributed by atoms with Crippen molar-refractivity contribution in [2.45, 2.75) is 39.5 Å². The molecule has 5 heteroatoms. The molecule has 136 valence electrons. The molecule has 0 aliphatic carbocycles. The average Bonchev–Trinajstić information content (AvgIpc) is 3.02. The van der Waals surface area contributed by atoms with E-state index in [0.29, 0.717) is 6.79 Å². The van der Waals surface area contributed by atoms with E-state index in [2.05, 4.69) is 18.7 Å². The highest BCUT2D eigenvalue weighted by Gasteiger charge is 2.19. The van der Waals surface area contributed by atoms with Crippen LogP contribution in [0.3, 0.4) is 0 Å². The molecule has 0 saturated carbocycles. The summed E-state index contributed by atoms with van der Waals surface area (Å²) in [5.74, 6) is 4.10. The fourth-order valence-electron chi connectivity index (χ4n) is 3.25. The second-order valence-electron chi connectivity index (χ2n) is 7.12. The topological polar surface area (TPSA) is 30.9 Å². The third-order valence-corrected chi connectivity index (χ3v) is 4.87. The van der Waals surface area contributed by atoms with Crippen LogP contribution in [0.2, 0.25) is 0 Å². The summed E-state index contributed by atoms with van der Waals surface area (Å²) in [7, 11) is 0. The first-order chi connectivity index (χ1) is 11.2. The zero-order valence-corrected chi connectivity index (χ0v) is 15.6. The van der Waals surface area contributed by atoms with Gasteiger partial charge in [0.1, 0.15) is 5.75 Å². The molecule has 1 fully saturated rings. The summed E-state index contributed by atoms with van der Waals surface area (Å²) in [6, 6.07) is 5.81. The molecule has 4 nitrogen and oxygen atoms in total. The van der Waals surface area contributed by atoms with Crippen molar-refractivity contribution in [2.75, 3.05) is 33.0 Å². The van der Waals surface area contributed by atoms with E-state index >= 15 is 0 Å². The van der Waals surface area contributed by atoms with Crippen LogP contribution in [0, 0.1) is 11.8 Å². The molecule has 0 atom stereocenters. The number of hydrogen-bond acceptors (Lipinski definition) is 4. The standard InChI is InChI=1S/C19H29NO3.ClH/c1-15(2)5-9-20-10-6-16(7-11-20)8-12-21-17-3-4-18-19(13-17)23-14-22-18;/h3-4,13,15-16H,5-12,14H2,1-2H3;1H. The van der Waals surface area contributed by atoms with Crippen LogP contribution in [0.15, 0.2) is 18.2 Å². The molecular formula is C19H30ClNO3. The molecular weight excluding hydrogens is 326 g/mol. The van der Waals surface area contributed by atoms with Crippen LogP contribution in [0.4, 0.5) is 0 Å². The molecule has 1 aromatic carbocycles. The van der Waals surface area contributed by atoms with Gasteiger partial charge in [0.25, 0.3) is 0 Å². The number of nitrogens with zero attached hydrogens (tertiary/aromatic N) is 1. The summed E-state index contributed by atoms with van der Waals surface area (Å²) in [5.41, 5.74) is 0. The van der Waals surface area contributed by atoms with E-state index in [1.807, 2.05) is 18.2 Å². The Kier molecular flexibility index (Phi) is 7.50. The molecule has 1 aromatic rings. The number of rotatable bonds is 7. The summed E-state index contributed by atoms with van der Waals surface area (Å²) in [6.07, 6.45) is 5.08. The number of piperidine rings is 1. The Balaban J connectivity index is 0.00000208. The highest BCUT2D eigenvalue weighted by Crippen LogP contribution is 2.35. The first kappa shape index (κ1) is 19.2. The van der Waals surface area contributed by atoms with Gasteiger partial charge in [-0.05, 0) is 69.3 Å². The van der Waals surface area contributed by atoms with Gasteiger partial charge in [-0.3, -0.25) is 0 Å². The summed E-state index contributed by atoms with van der Waals surface area (Å²) in [5, 5.41) is 0. The zero-order chi connectivity index (χ0) is 16.1. The SMILES string of the molecule is CC(C)CCN1CCC(CCOc2ccc3c(c2)OCO3)CC1.Cl. The maximum absolute atomic E-state index is 5.89. The van der Waals surface area contributed by atoms with Gasteiger partial charge >= 0.3 is 0 Å². The van der Waals surface area contributed by atoms with Crippen molar-refractivity contribution in [3.8, 4) is 17.2 Å². The lowest BCUT2D eigenvalue weighted by Crippen LogP contribution is -2.35. The lowest BCUT2D eigenvalue weighted by atomic mass is 9.93. The number of benzene rings is 1. The largest absolute Gasteiger partial charge is 0.493 e. The van der Waals surface area contributed by atoms with Crippen molar-refractivity contribution < 1.29 is 14.2 Å². The van der Waals surface area contributed by atoms with Gasteiger partial charge in [-0.2, -0.15) is 0 Å². The Bertz CT molecular complexity index is 501. The van der Waals surface area contributed by atoms with Gasteiger partial charge < -0.3 is 19.1 Å². The highest BCUT2D eigenvalue weighted by molar-refractivity contribution is 5.85. The number of fused-ring (bicyclic) bond motifs is 1. The van der Waals surface area contributed by atoms with Crippen molar-refractivity contribution in [1.82, 2.24) is 4.90 Å². The first-order valence-electron chi connectivity index (χ1n) is 8.95. The number of ether oxygens (including phenoxy) is 3. The quantitative estimate of drug-likeness (QED) is 0.727. The number of likely N-dealkylation sites (tertiary alicyclic amines) is 1. The van der Waals surface area contributed by atoms with Crippen LogP contribution in [0.25, 0.3) is 0 Å². The molecule has 24 heavy (non-hydrogen) atoms. The number of hydrogen-bond donors (Lipinski definition) is 0. The molecule has 2 aliphatic rings. The van der Waals surface area contributed by atoms with E-state index < -0.39 is 0 Å². The third kappa shape index (κ3) is 5.45. The molecule has 0 bridgehead atoms. The zero-order valence-electron chi connectivity index (χ0n) is 14.8. The molecule has 2 heterocycles. The molecule has 0 N–H and O–H groups in total. The Morgan fingerprint density at radius 2 is 1.92 bits per heavy atom. The summed E-state index contributed by atoms with van der Waals surface area (Å²) in [4.78, 5) is 2.62. The minimum atomic E-state index is 0. The fraction of sp³-hybridized carbons (Fsp3) is 0.684. The molecule has 0 aromatic heterocycles. The second-order valence-corrected chi connectivity index (χ2v) is 7.12. The van der Waals surface area contributed by atoms with Crippen LogP contribution in [0.5, 0.6) is 17.2 Å². The van der Waals surface area contributed by atoms with Crippen molar-refractivity contribution in [2.24, 2.45) is 11.8 Å². The molecule has 0 spiro atoms. The van der Waals surface area contributed by atoms with Crippen molar-refractivity contribution in [3.63, 3.8) is 0 Å². The van der Waals surface area contributed by atoms with E-state index in [1.165, 1.54) is 38.9 Å². The summed E-state index contributed by atoms with van der Waals surface area (Å²) >= 11 is 0. The van der Waals surface area contributed by atoms with E-state index in [9.17, 15) is 0 Å². The van der Waals surface area contributed by atoms with Gasteiger partial charge in [0.2, 0.25) is 6.79 Å². The predicted molar refractivity (Wildman–Crippen MR) is 98.5 cm³/mol. The van der Waals surface area contributed by atoms with E-state index in [-0.39, 0.29) is 12.4 Å². The molecule has 0 amide bonds. The predicted octanol–water partition coefficient (Wildman–Crippen LogP) is 4.36. The second kappa shape index (κ2) is 9.38. The smallest absolute Gasteiger partial charge is 0.231 e. The van der Waals surface area contributed by atoms with Crippen LogP contribution in [-0.4, -0.2) is 37.9 Å². The van der Waals surface area contributed by atoms with Crippen LogP contribution in [-0.2, 0) is 0 Å². The van der Waals surface area contributed by atoms with Crippen LogP contribution < -0.4 is 14.2 Å². The van der Waals surface area contributed by atoms with E-state index in [0.717, 1.165) is 42.1 Å². The highest BCUT2D eigenvalue weighted by atomic mass is 35.5. The fourth-order valence-corrected chi connectivity index (χ4v) is 3.25. The van der Waals surface area contributed by atoms with Gasteiger partial charge in [0.05, 0.1) is 6.61 Å². The monoisotopic (exact) mass is 355 g/mol. The summed E-state index contributed by atoms with van der Waals surface area (Å²) in [6.45, 7) is 9.48. The Labute approximate surface area is 151 Å². The first-order valence-corrected chi connectivity index (χ1v) is 8.95. The maximum atomic E-state index is 5.89. The minimum absolute atomic E-state index is 0. The normalized spacial score (nSPS) is 17.8. The Morgan fingerprint density at radius 3 is 2.67 bits per heavy atom. The van der Waals surface area contributed by atoms with Crippen molar-refractivity contribution >= 4 is 12.4 Å². The van der Waals surface area contributed by atoms with Gasteiger partial charge in [0, 0.05) is 6.07 Å². The Morgan fingerprint density at radius 1 is 1.17 bits per heavy atom. The lowest BCUT2D eigenvalue weighted by Gasteiger charge is -2.32. The molecule has 0 unspecified atom stereocenters.